The molecular weight excluding hydrogens is 234 g/mol. The normalized spacial score (nSPS) is 13.9. The van der Waals surface area contributed by atoms with E-state index in [1.807, 2.05) is 12.3 Å². The van der Waals surface area contributed by atoms with Crippen molar-refractivity contribution in [2.24, 2.45) is 11.1 Å². The predicted octanol–water partition coefficient (Wildman–Crippen LogP) is 3.15. The van der Waals surface area contributed by atoms with Crippen LogP contribution in [0.15, 0.2) is 15.3 Å². The van der Waals surface area contributed by atoms with Crippen molar-refractivity contribution in [3.8, 4) is 11.4 Å². The summed E-state index contributed by atoms with van der Waals surface area (Å²) in [6.45, 7) is 8.19. The first-order chi connectivity index (χ1) is 7.89. The minimum absolute atomic E-state index is 0.0898. The van der Waals surface area contributed by atoms with Crippen molar-refractivity contribution in [1.29, 1.82) is 0 Å². The van der Waals surface area contributed by atoms with Crippen LogP contribution in [0.4, 0.5) is 0 Å². The van der Waals surface area contributed by atoms with Crippen LogP contribution < -0.4 is 5.73 Å². The summed E-state index contributed by atoms with van der Waals surface area (Å²) < 4.78 is 5.25. The molecule has 2 aromatic heterocycles. The van der Waals surface area contributed by atoms with Crippen molar-refractivity contribution in [1.82, 2.24) is 10.1 Å². The van der Waals surface area contributed by atoms with Crippen LogP contribution >= 0.6 is 11.3 Å². The van der Waals surface area contributed by atoms with Gasteiger partial charge in [0, 0.05) is 10.9 Å². The second-order valence-electron chi connectivity index (χ2n) is 5.27. The lowest BCUT2D eigenvalue weighted by molar-refractivity contribution is 0.253. The van der Waals surface area contributed by atoms with Gasteiger partial charge in [-0.25, -0.2) is 0 Å². The Bertz CT molecular complexity index is 510. The Labute approximate surface area is 105 Å². The van der Waals surface area contributed by atoms with Crippen molar-refractivity contribution in [2.45, 2.75) is 33.7 Å². The van der Waals surface area contributed by atoms with E-state index in [1.165, 1.54) is 0 Å². The Kier molecular flexibility index (Phi) is 3.05. The van der Waals surface area contributed by atoms with Gasteiger partial charge in [-0.15, -0.1) is 0 Å². The Balaban J connectivity index is 2.31. The standard InChI is InChI=1S/C12H17N3OS/c1-7-5-17-6-8(7)10-14-11(16-15-10)9(13)12(2,3)4/h5-6,9H,13H2,1-4H3/t9-/m1/s1. The SMILES string of the molecule is Cc1cscc1-c1noc([C@@H](N)C(C)(C)C)n1. The Morgan fingerprint density at radius 3 is 2.59 bits per heavy atom. The van der Waals surface area contributed by atoms with Crippen LogP contribution in [0.1, 0.15) is 38.3 Å². The molecule has 1 atom stereocenters. The number of nitrogens with two attached hydrogens (primary N) is 1. The molecule has 2 aromatic rings. The second-order valence-corrected chi connectivity index (χ2v) is 6.01. The van der Waals surface area contributed by atoms with Crippen molar-refractivity contribution in [2.75, 3.05) is 0 Å². The number of hydrogen-bond acceptors (Lipinski definition) is 5. The monoisotopic (exact) mass is 251 g/mol. The van der Waals surface area contributed by atoms with E-state index in [2.05, 4.69) is 36.3 Å². The van der Waals surface area contributed by atoms with Gasteiger partial charge in [0.15, 0.2) is 0 Å². The van der Waals surface area contributed by atoms with E-state index in [9.17, 15) is 0 Å². The van der Waals surface area contributed by atoms with Crippen LogP contribution in [-0.4, -0.2) is 10.1 Å². The molecule has 0 amide bonds. The summed E-state index contributed by atoms with van der Waals surface area (Å²) in [7, 11) is 0. The smallest absolute Gasteiger partial charge is 0.244 e. The fourth-order valence-corrected chi connectivity index (χ4v) is 2.26. The molecule has 0 aromatic carbocycles. The van der Waals surface area contributed by atoms with Crippen LogP contribution in [0.25, 0.3) is 11.4 Å². The summed E-state index contributed by atoms with van der Waals surface area (Å²) in [5.74, 6) is 1.12. The first-order valence-corrected chi connectivity index (χ1v) is 6.46. The highest BCUT2D eigenvalue weighted by molar-refractivity contribution is 7.08. The molecule has 0 fully saturated rings. The third-order valence-corrected chi connectivity index (χ3v) is 3.60. The molecule has 0 aliphatic carbocycles. The topological polar surface area (TPSA) is 64.9 Å². The van der Waals surface area contributed by atoms with Gasteiger partial charge in [-0.1, -0.05) is 25.9 Å². The highest BCUT2D eigenvalue weighted by Gasteiger charge is 2.27. The first kappa shape index (κ1) is 12.3. The quantitative estimate of drug-likeness (QED) is 0.890. The lowest BCUT2D eigenvalue weighted by Gasteiger charge is -2.23. The fourth-order valence-electron chi connectivity index (χ4n) is 1.43. The summed E-state index contributed by atoms with van der Waals surface area (Å²) in [6, 6.07) is -0.248. The van der Waals surface area contributed by atoms with Crippen molar-refractivity contribution in [3.63, 3.8) is 0 Å². The van der Waals surface area contributed by atoms with Gasteiger partial charge in [0.2, 0.25) is 11.7 Å². The molecule has 92 valence electrons. The zero-order valence-electron chi connectivity index (χ0n) is 10.5. The molecule has 0 aliphatic heterocycles. The summed E-state index contributed by atoms with van der Waals surface area (Å²) in [5.41, 5.74) is 8.17. The molecule has 0 spiro atoms. The number of hydrogen-bond donors (Lipinski definition) is 1. The third kappa shape index (κ3) is 2.40. The Morgan fingerprint density at radius 1 is 1.35 bits per heavy atom. The summed E-state index contributed by atoms with van der Waals surface area (Å²) in [4.78, 5) is 4.38. The van der Waals surface area contributed by atoms with Crippen molar-refractivity contribution in [3.05, 3.63) is 22.2 Å². The molecule has 17 heavy (non-hydrogen) atoms. The van der Waals surface area contributed by atoms with Gasteiger partial charge in [0.05, 0.1) is 6.04 Å². The van der Waals surface area contributed by atoms with Crippen LogP contribution in [0.3, 0.4) is 0 Å². The number of aromatic nitrogens is 2. The minimum Gasteiger partial charge on any atom is -0.337 e. The predicted molar refractivity (Wildman–Crippen MR) is 68.7 cm³/mol. The Hall–Kier alpha value is -1.20. The number of aryl methyl sites for hydroxylation is 1. The van der Waals surface area contributed by atoms with Gasteiger partial charge in [-0.05, 0) is 23.3 Å². The molecular formula is C12H17N3OS. The average molecular weight is 251 g/mol. The number of rotatable bonds is 2. The Morgan fingerprint density at radius 2 is 2.06 bits per heavy atom. The van der Waals surface area contributed by atoms with Gasteiger partial charge in [0.1, 0.15) is 0 Å². The summed E-state index contributed by atoms with van der Waals surface area (Å²) in [5, 5.41) is 8.08. The van der Waals surface area contributed by atoms with Gasteiger partial charge < -0.3 is 10.3 Å². The maximum Gasteiger partial charge on any atom is 0.244 e. The van der Waals surface area contributed by atoms with Crippen LogP contribution in [0.5, 0.6) is 0 Å². The van der Waals surface area contributed by atoms with Crippen molar-refractivity contribution >= 4 is 11.3 Å². The lowest BCUT2D eigenvalue weighted by atomic mass is 9.87. The van der Waals surface area contributed by atoms with Gasteiger partial charge in [0.25, 0.3) is 0 Å². The maximum atomic E-state index is 6.08. The minimum atomic E-state index is -0.248. The second kappa shape index (κ2) is 4.23. The van der Waals surface area contributed by atoms with Gasteiger partial charge >= 0.3 is 0 Å². The average Bonchev–Trinajstić information content (AvgIpc) is 2.83. The first-order valence-electron chi connectivity index (χ1n) is 5.52. The molecule has 0 saturated heterocycles. The summed E-state index contributed by atoms with van der Waals surface area (Å²) >= 11 is 1.63. The molecule has 5 heteroatoms. The van der Waals surface area contributed by atoms with E-state index in [-0.39, 0.29) is 11.5 Å². The molecule has 2 N–H and O–H groups in total. The van der Waals surface area contributed by atoms with E-state index in [4.69, 9.17) is 10.3 Å². The molecule has 0 bridgehead atoms. The van der Waals surface area contributed by atoms with Crippen molar-refractivity contribution < 1.29 is 4.52 Å². The maximum absolute atomic E-state index is 6.08. The molecule has 2 heterocycles. The molecule has 0 radical (unpaired) electrons. The van der Waals surface area contributed by atoms with E-state index in [0.29, 0.717) is 11.7 Å². The van der Waals surface area contributed by atoms with E-state index in [1.54, 1.807) is 11.3 Å². The highest BCUT2D eigenvalue weighted by atomic mass is 32.1. The molecule has 4 nitrogen and oxygen atoms in total. The zero-order chi connectivity index (χ0) is 12.6. The van der Waals surface area contributed by atoms with Gasteiger partial charge in [-0.3, -0.25) is 0 Å². The molecule has 0 aliphatic rings. The molecule has 2 rings (SSSR count). The van der Waals surface area contributed by atoms with E-state index >= 15 is 0 Å². The number of nitrogens with zero attached hydrogens (tertiary/aromatic N) is 2. The van der Waals surface area contributed by atoms with Gasteiger partial charge in [-0.2, -0.15) is 16.3 Å². The van der Waals surface area contributed by atoms with Crippen LogP contribution in [0, 0.1) is 12.3 Å². The molecule has 0 saturated carbocycles. The fraction of sp³-hybridized carbons (Fsp3) is 0.500. The molecule has 0 unspecified atom stereocenters. The van der Waals surface area contributed by atoms with Crippen LogP contribution in [-0.2, 0) is 0 Å². The van der Waals surface area contributed by atoms with E-state index in [0.717, 1.165) is 11.1 Å². The number of thiophene rings is 1. The highest BCUT2D eigenvalue weighted by Crippen LogP contribution is 2.31. The summed E-state index contributed by atoms with van der Waals surface area (Å²) in [6.07, 6.45) is 0. The zero-order valence-corrected chi connectivity index (χ0v) is 11.3. The lowest BCUT2D eigenvalue weighted by Crippen LogP contribution is -2.26. The third-order valence-electron chi connectivity index (χ3n) is 2.74. The van der Waals surface area contributed by atoms with E-state index < -0.39 is 0 Å². The van der Waals surface area contributed by atoms with Crippen LogP contribution in [0.2, 0.25) is 0 Å². The largest absolute Gasteiger partial charge is 0.337 e.